The van der Waals surface area contributed by atoms with Crippen LogP contribution >= 0.6 is 34.8 Å². The normalized spacial score (nSPS) is 10.4. The van der Waals surface area contributed by atoms with Crippen LogP contribution in [0.3, 0.4) is 0 Å². The number of methoxy groups -OCH3 is 1. The van der Waals surface area contributed by atoms with Crippen molar-refractivity contribution in [1.82, 2.24) is 0 Å². The van der Waals surface area contributed by atoms with Crippen molar-refractivity contribution in [2.45, 2.75) is 13.3 Å². The lowest BCUT2D eigenvalue weighted by molar-refractivity contribution is 0.102. The van der Waals surface area contributed by atoms with Crippen LogP contribution in [0.1, 0.15) is 23.7 Å². The van der Waals surface area contributed by atoms with E-state index in [4.69, 9.17) is 44.3 Å². The molecular weight excluding hydrogens is 373 g/mol. The van der Waals surface area contributed by atoms with E-state index in [0.29, 0.717) is 34.4 Å². The zero-order chi connectivity index (χ0) is 17.7. The number of carbonyl (C=O) groups excluding carboxylic acids is 1. The van der Waals surface area contributed by atoms with Crippen LogP contribution in [0.2, 0.25) is 15.1 Å². The topological polar surface area (TPSA) is 47.6 Å². The van der Waals surface area contributed by atoms with Gasteiger partial charge in [0.15, 0.2) is 5.75 Å². The van der Waals surface area contributed by atoms with E-state index in [-0.39, 0.29) is 16.0 Å². The zero-order valence-corrected chi connectivity index (χ0v) is 15.4. The zero-order valence-electron chi connectivity index (χ0n) is 13.2. The molecule has 0 bridgehead atoms. The molecule has 1 amide bonds. The first kappa shape index (κ1) is 18.7. The monoisotopic (exact) mass is 387 g/mol. The SMILES string of the molecule is CCCOc1c(Cl)cc(C(=O)Nc2ccc(OC)c(Cl)c2)cc1Cl. The molecule has 0 radical (unpaired) electrons. The molecule has 1 N–H and O–H groups in total. The smallest absolute Gasteiger partial charge is 0.255 e. The summed E-state index contributed by atoms with van der Waals surface area (Å²) in [6.45, 7) is 2.47. The molecule has 0 heterocycles. The second-order valence-corrected chi connectivity index (χ2v) is 6.14. The predicted molar refractivity (Wildman–Crippen MR) is 98.2 cm³/mol. The van der Waals surface area contributed by atoms with Crippen molar-refractivity contribution in [3.05, 3.63) is 51.0 Å². The minimum atomic E-state index is -0.359. The average molecular weight is 389 g/mol. The molecule has 2 aromatic carbocycles. The average Bonchev–Trinajstić information content (AvgIpc) is 2.54. The van der Waals surface area contributed by atoms with Crippen molar-refractivity contribution in [3.63, 3.8) is 0 Å². The highest BCUT2D eigenvalue weighted by atomic mass is 35.5. The van der Waals surface area contributed by atoms with Gasteiger partial charge < -0.3 is 14.8 Å². The van der Waals surface area contributed by atoms with Crippen LogP contribution in [0, 0.1) is 0 Å². The van der Waals surface area contributed by atoms with Crippen molar-refractivity contribution in [3.8, 4) is 11.5 Å². The fourth-order valence-electron chi connectivity index (χ4n) is 1.98. The maximum absolute atomic E-state index is 12.4. The molecule has 2 rings (SSSR count). The van der Waals surface area contributed by atoms with Crippen molar-refractivity contribution >= 4 is 46.4 Å². The van der Waals surface area contributed by atoms with Gasteiger partial charge >= 0.3 is 0 Å². The van der Waals surface area contributed by atoms with E-state index in [1.165, 1.54) is 19.2 Å². The highest BCUT2D eigenvalue weighted by Gasteiger charge is 2.15. The number of anilines is 1. The summed E-state index contributed by atoms with van der Waals surface area (Å²) in [6.07, 6.45) is 0.827. The molecule has 0 aliphatic carbocycles. The predicted octanol–water partition coefficient (Wildman–Crippen LogP) is 5.70. The number of hydrogen-bond acceptors (Lipinski definition) is 3. The molecule has 128 valence electrons. The molecule has 0 spiro atoms. The van der Waals surface area contributed by atoms with Gasteiger partial charge in [-0.05, 0) is 36.8 Å². The quantitative estimate of drug-likeness (QED) is 0.691. The van der Waals surface area contributed by atoms with Gasteiger partial charge in [-0.1, -0.05) is 41.7 Å². The van der Waals surface area contributed by atoms with Crippen LogP contribution in [0.15, 0.2) is 30.3 Å². The summed E-state index contributed by atoms with van der Waals surface area (Å²) in [6, 6.07) is 7.97. The number of nitrogens with one attached hydrogen (secondary N) is 1. The van der Waals surface area contributed by atoms with Crippen molar-refractivity contribution < 1.29 is 14.3 Å². The summed E-state index contributed by atoms with van der Waals surface area (Å²) >= 11 is 18.4. The second kappa shape index (κ2) is 8.47. The van der Waals surface area contributed by atoms with Crippen LogP contribution in [0.25, 0.3) is 0 Å². The molecule has 4 nitrogen and oxygen atoms in total. The Balaban J connectivity index is 2.19. The molecule has 7 heteroatoms. The lowest BCUT2D eigenvalue weighted by Crippen LogP contribution is -2.12. The Morgan fingerprint density at radius 1 is 1.08 bits per heavy atom. The number of ether oxygens (including phenoxy) is 2. The molecule has 24 heavy (non-hydrogen) atoms. The number of hydrogen-bond donors (Lipinski definition) is 1. The van der Waals surface area contributed by atoms with Gasteiger partial charge in [0, 0.05) is 11.3 Å². The van der Waals surface area contributed by atoms with E-state index in [0.717, 1.165) is 6.42 Å². The molecule has 0 saturated carbocycles. The molecule has 0 aliphatic heterocycles. The van der Waals surface area contributed by atoms with E-state index < -0.39 is 0 Å². The van der Waals surface area contributed by atoms with Gasteiger partial charge in [0.05, 0.1) is 28.8 Å². The Hall–Kier alpha value is -1.62. The fraction of sp³-hybridized carbons (Fsp3) is 0.235. The number of amides is 1. The maximum atomic E-state index is 12.4. The minimum absolute atomic E-state index is 0.286. The number of rotatable bonds is 6. The van der Waals surface area contributed by atoms with Crippen molar-refractivity contribution in [2.24, 2.45) is 0 Å². The van der Waals surface area contributed by atoms with E-state index in [1.54, 1.807) is 18.2 Å². The van der Waals surface area contributed by atoms with E-state index in [2.05, 4.69) is 5.32 Å². The van der Waals surface area contributed by atoms with Crippen molar-refractivity contribution in [1.29, 1.82) is 0 Å². The highest BCUT2D eigenvalue weighted by Crippen LogP contribution is 2.35. The molecule has 0 saturated heterocycles. The Bertz CT molecular complexity index is 727. The maximum Gasteiger partial charge on any atom is 0.255 e. The summed E-state index contributed by atoms with van der Waals surface area (Å²) < 4.78 is 10.6. The van der Waals surface area contributed by atoms with Gasteiger partial charge in [-0.3, -0.25) is 4.79 Å². The minimum Gasteiger partial charge on any atom is -0.495 e. The van der Waals surface area contributed by atoms with Crippen LogP contribution in [-0.2, 0) is 0 Å². The largest absolute Gasteiger partial charge is 0.495 e. The Morgan fingerprint density at radius 3 is 2.29 bits per heavy atom. The van der Waals surface area contributed by atoms with Gasteiger partial charge in [0.25, 0.3) is 5.91 Å². The Morgan fingerprint density at radius 2 is 1.75 bits per heavy atom. The molecule has 0 atom stereocenters. The number of carbonyl (C=O) groups is 1. The first-order chi connectivity index (χ1) is 11.5. The molecule has 0 aromatic heterocycles. The molecule has 0 fully saturated rings. The van der Waals surface area contributed by atoms with Crippen LogP contribution in [-0.4, -0.2) is 19.6 Å². The lowest BCUT2D eigenvalue weighted by Gasteiger charge is -2.12. The van der Waals surface area contributed by atoms with E-state index in [9.17, 15) is 4.79 Å². The van der Waals surface area contributed by atoms with Gasteiger partial charge in [-0.25, -0.2) is 0 Å². The van der Waals surface area contributed by atoms with Crippen LogP contribution in [0.4, 0.5) is 5.69 Å². The third-order valence-electron chi connectivity index (χ3n) is 3.12. The second-order valence-electron chi connectivity index (χ2n) is 4.92. The molecular formula is C17H16Cl3NO3. The third kappa shape index (κ3) is 4.47. The summed E-state index contributed by atoms with van der Waals surface area (Å²) in [5, 5.41) is 3.70. The highest BCUT2D eigenvalue weighted by molar-refractivity contribution is 6.38. The van der Waals surface area contributed by atoms with Gasteiger partial charge in [-0.15, -0.1) is 0 Å². The Labute approximate surface area is 155 Å². The molecule has 0 unspecified atom stereocenters. The van der Waals surface area contributed by atoms with Gasteiger partial charge in [0.1, 0.15) is 5.75 Å². The van der Waals surface area contributed by atoms with E-state index >= 15 is 0 Å². The summed E-state index contributed by atoms with van der Waals surface area (Å²) in [7, 11) is 1.52. The van der Waals surface area contributed by atoms with Crippen LogP contribution in [0.5, 0.6) is 11.5 Å². The van der Waals surface area contributed by atoms with Crippen molar-refractivity contribution in [2.75, 3.05) is 19.0 Å². The third-order valence-corrected chi connectivity index (χ3v) is 3.98. The fourth-order valence-corrected chi connectivity index (χ4v) is 2.83. The first-order valence-corrected chi connectivity index (χ1v) is 8.36. The summed E-state index contributed by atoms with van der Waals surface area (Å²) in [4.78, 5) is 12.4. The van der Waals surface area contributed by atoms with Gasteiger partial charge in [0.2, 0.25) is 0 Å². The molecule has 2 aromatic rings. The molecule has 0 aliphatic rings. The van der Waals surface area contributed by atoms with E-state index in [1.807, 2.05) is 6.92 Å². The number of benzene rings is 2. The lowest BCUT2D eigenvalue weighted by atomic mass is 10.2. The standard InChI is InChI=1S/C17H16Cl3NO3/c1-3-6-24-16-13(19)7-10(8-14(16)20)17(22)21-11-4-5-15(23-2)12(18)9-11/h4-5,7-9H,3,6H2,1-2H3,(H,21,22). The van der Waals surface area contributed by atoms with Crippen LogP contribution < -0.4 is 14.8 Å². The van der Waals surface area contributed by atoms with Gasteiger partial charge in [-0.2, -0.15) is 0 Å². The Kier molecular flexibility index (Phi) is 6.60. The first-order valence-electron chi connectivity index (χ1n) is 7.23. The summed E-state index contributed by atoms with van der Waals surface area (Å²) in [5.41, 5.74) is 0.852. The number of halogens is 3. The summed E-state index contributed by atoms with van der Waals surface area (Å²) in [5.74, 6) is 0.546.